The molecule has 8 heteroatoms. The van der Waals surface area contributed by atoms with Crippen molar-refractivity contribution in [2.24, 2.45) is 17.8 Å². The fraction of sp³-hybridized carbons (Fsp3) is 0.833. The van der Waals surface area contributed by atoms with Crippen LogP contribution in [-0.4, -0.2) is 67.5 Å². The number of hydrogen-bond acceptors (Lipinski definition) is 5. The maximum atomic E-state index is 13.4. The predicted molar refractivity (Wildman–Crippen MR) is 93.8 cm³/mol. The fourth-order valence-corrected chi connectivity index (χ4v) is 5.11. The highest BCUT2D eigenvalue weighted by atomic mass is 16.2. The van der Waals surface area contributed by atoms with Gasteiger partial charge in [0.05, 0.1) is 0 Å². The molecule has 1 unspecified atom stereocenters. The van der Waals surface area contributed by atoms with Crippen LogP contribution in [0.2, 0.25) is 0 Å². The third-order valence-corrected chi connectivity index (χ3v) is 6.58. The molecule has 5 atom stereocenters. The summed E-state index contributed by atoms with van der Waals surface area (Å²) >= 11 is 0. The molecule has 1 aromatic rings. The molecule has 26 heavy (non-hydrogen) atoms. The first-order valence-corrected chi connectivity index (χ1v) is 9.89. The van der Waals surface area contributed by atoms with E-state index in [0.29, 0.717) is 30.2 Å². The highest BCUT2D eigenvalue weighted by molar-refractivity contribution is 5.81. The Morgan fingerprint density at radius 2 is 2.19 bits per heavy atom. The first-order chi connectivity index (χ1) is 12.6. The second-order valence-corrected chi connectivity index (χ2v) is 8.23. The molecule has 0 aliphatic carbocycles. The third kappa shape index (κ3) is 2.99. The number of hydrogen-bond donors (Lipinski definition) is 0. The van der Waals surface area contributed by atoms with Gasteiger partial charge in [-0.25, -0.2) is 4.68 Å². The lowest BCUT2D eigenvalue weighted by Crippen LogP contribution is -2.61. The Bertz CT molecular complexity index is 663. The summed E-state index contributed by atoms with van der Waals surface area (Å²) in [4.78, 5) is 29.8. The van der Waals surface area contributed by atoms with Crippen LogP contribution in [0.15, 0.2) is 6.33 Å². The quantitative estimate of drug-likeness (QED) is 0.803. The molecule has 142 valence electrons. The number of aromatic nitrogens is 4. The maximum absolute atomic E-state index is 13.4. The summed E-state index contributed by atoms with van der Waals surface area (Å²) in [7, 11) is 0. The van der Waals surface area contributed by atoms with Crippen molar-refractivity contribution >= 4 is 11.8 Å². The van der Waals surface area contributed by atoms with E-state index in [2.05, 4.69) is 34.3 Å². The average Bonchev–Trinajstić information content (AvgIpc) is 3.16. The number of rotatable bonds is 4. The average molecular weight is 360 g/mol. The standard InChI is InChI=1S/C18H28N6O2/c1-3-12(2)17(24-11-19-20-21-24)18(26)22-8-13-7-14(10-22)15-5-4-6-16(25)23(15)9-13/h11-15,17H,3-10H2,1-2H3/t12-,13+,14-,15?,17-/m0/s1. The summed E-state index contributed by atoms with van der Waals surface area (Å²) in [5, 5.41) is 11.5. The van der Waals surface area contributed by atoms with Gasteiger partial charge in [-0.15, -0.1) is 5.10 Å². The van der Waals surface area contributed by atoms with Crippen molar-refractivity contribution in [3.05, 3.63) is 6.33 Å². The Morgan fingerprint density at radius 3 is 2.92 bits per heavy atom. The van der Waals surface area contributed by atoms with Crippen LogP contribution >= 0.6 is 0 Å². The Morgan fingerprint density at radius 1 is 1.35 bits per heavy atom. The van der Waals surface area contributed by atoms with Gasteiger partial charge in [-0.1, -0.05) is 20.3 Å². The van der Waals surface area contributed by atoms with Crippen molar-refractivity contribution in [2.45, 2.75) is 58.0 Å². The number of amides is 2. The Balaban J connectivity index is 1.53. The first kappa shape index (κ1) is 17.4. The lowest BCUT2D eigenvalue weighted by Gasteiger charge is -2.52. The highest BCUT2D eigenvalue weighted by Crippen LogP contribution is 2.38. The lowest BCUT2D eigenvalue weighted by molar-refractivity contribution is -0.150. The van der Waals surface area contributed by atoms with Gasteiger partial charge in [0, 0.05) is 32.1 Å². The van der Waals surface area contributed by atoms with Crippen molar-refractivity contribution in [3.8, 4) is 0 Å². The maximum Gasteiger partial charge on any atom is 0.247 e. The summed E-state index contributed by atoms with van der Waals surface area (Å²) in [6, 6.07) is -0.0314. The van der Waals surface area contributed by atoms with Crippen molar-refractivity contribution < 1.29 is 9.59 Å². The number of likely N-dealkylation sites (tertiary alicyclic amines) is 1. The minimum atomic E-state index is -0.349. The van der Waals surface area contributed by atoms with Crippen LogP contribution in [0.3, 0.4) is 0 Å². The molecule has 2 bridgehead atoms. The van der Waals surface area contributed by atoms with E-state index in [-0.39, 0.29) is 17.9 Å². The van der Waals surface area contributed by atoms with E-state index in [4.69, 9.17) is 0 Å². The molecule has 4 heterocycles. The molecular formula is C18H28N6O2. The number of carbonyl (C=O) groups is 2. The van der Waals surface area contributed by atoms with E-state index in [1.54, 1.807) is 11.0 Å². The summed E-state index contributed by atoms with van der Waals surface area (Å²) in [6.07, 6.45) is 6.32. The predicted octanol–water partition coefficient (Wildman–Crippen LogP) is 1.12. The van der Waals surface area contributed by atoms with Crippen LogP contribution in [0, 0.1) is 17.8 Å². The topological polar surface area (TPSA) is 84.2 Å². The van der Waals surface area contributed by atoms with Crippen molar-refractivity contribution in [1.29, 1.82) is 0 Å². The smallest absolute Gasteiger partial charge is 0.247 e. The van der Waals surface area contributed by atoms with Gasteiger partial charge < -0.3 is 9.80 Å². The van der Waals surface area contributed by atoms with Gasteiger partial charge in [0.1, 0.15) is 12.4 Å². The van der Waals surface area contributed by atoms with Gasteiger partial charge in [-0.05, 0) is 47.4 Å². The molecule has 1 aromatic heterocycles. The summed E-state index contributed by atoms with van der Waals surface area (Å²) in [6.45, 7) is 6.46. The van der Waals surface area contributed by atoms with E-state index in [9.17, 15) is 9.59 Å². The molecule has 0 radical (unpaired) electrons. The van der Waals surface area contributed by atoms with E-state index < -0.39 is 0 Å². The second kappa shape index (κ2) is 6.96. The zero-order chi connectivity index (χ0) is 18.3. The van der Waals surface area contributed by atoms with Gasteiger partial charge >= 0.3 is 0 Å². The first-order valence-electron chi connectivity index (χ1n) is 9.89. The molecule has 4 rings (SSSR count). The number of fused-ring (bicyclic) bond motifs is 4. The van der Waals surface area contributed by atoms with E-state index in [1.165, 1.54) is 0 Å². The Hall–Kier alpha value is -1.99. The van der Waals surface area contributed by atoms with Gasteiger partial charge in [-0.3, -0.25) is 9.59 Å². The molecule has 3 aliphatic rings. The number of tetrazole rings is 1. The van der Waals surface area contributed by atoms with E-state index in [0.717, 1.165) is 45.3 Å². The summed E-state index contributed by atoms with van der Waals surface area (Å²) in [5.41, 5.74) is 0. The molecule has 3 fully saturated rings. The second-order valence-electron chi connectivity index (χ2n) is 8.23. The van der Waals surface area contributed by atoms with Crippen LogP contribution in [0.1, 0.15) is 52.0 Å². The van der Waals surface area contributed by atoms with Crippen molar-refractivity contribution in [1.82, 2.24) is 30.0 Å². The minimum absolute atomic E-state index is 0.122. The van der Waals surface area contributed by atoms with E-state index in [1.807, 2.05) is 4.90 Å². The summed E-state index contributed by atoms with van der Waals surface area (Å²) in [5.74, 6) is 1.39. The van der Waals surface area contributed by atoms with Gasteiger partial charge in [0.25, 0.3) is 0 Å². The lowest BCUT2D eigenvalue weighted by atomic mass is 9.75. The zero-order valence-corrected chi connectivity index (χ0v) is 15.6. The SMILES string of the molecule is CC[C@H](C)[C@@H](C(=O)N1C[C@H]2C[C@@H](C1)C1CCCC(=O)N1C2)n1cnnn1. The minimum Gasteiger partial charge on any atom is -0.340 e. The molecule has 3 aliphatic heterocycles. The molecule has 0 N–H and O–H groups in total. The van der Waals surface area contributed by atoms with Gasteiger partial charge in [0.15, 0.2) is 0 Å². The molecule has 0 aromatic carbocycles. The Kier molecular flexibility index (Phi) is 4.67. The van der Waals surface area contributed by atoms with Crippen LogP contribution in [0.4, 0.5) is 0 Å². The fourth-order valence-electron chi connectivity index (χ4n) is 5.11. The number of carbonyl (C=O) groups excluding carboxylic acids is 2. The van der Waals surface area contributed by atoms with Crippen LogP contribution in [-0.2, 0) is 9.59 Å². The molecule has 0 spiro atoms. The van der Waals surface area contributed by atoms with Gasteiger partial charge in [-0.2, -0.15) is 0 Å². The molecular weight excluding hydrogens is 332 g/mol. The van der Waals surface area contributed by atoms with Crippen molar-refractivity contribution in [3.63, 3.8) is 0 Å². The largest absolute Gasteiger partial charge is 0.340 e. The van der Waals surface area contributed by atoms with Crippen LogP contribution in [0.5, 0.6) is 0 Å². The van der Waals surface area contributed by atoms with Gasteiger partial charge in [0.2, 0.25) is 11.8 Å². The third-order valence-electron chi connectivity index (χ3n) is 6.58. The monoisotopic (exact) mass is 360 g/mol. The molecule has 2 amide bonds. The Labute approximate surface area is 153 Å². The van der Waals surface area contributed by atoms with Crippen molar-refractivity contribution in [2.75, 3.05) is 19.6 Å². The molecule has 3 saturated heterocycles. The normalized spacial score (nSPS) is 30.7. The van der Waals surface area contributed by atoms with Crippen LogP contribution < -0.4 is 0 Å². The molecule has 0 saturated carbocycles. The number of nitrogens with zero attached hydrogens (tertiary/aromatic N) is 6. The summed E-state index contributed by atoms with van der Waals surface area (Å²) < 4.78 is 1.61. The molecule has 8 nitrogen and oxygen atoms in total. The zero-order valence-electron chi connectivity index (χ0n) is 15.6. The van der Waals surface area contributed by atoms with E-state index >= 15 is 0 Å². The van der Waals surface area contributed by atoms with Crippen LogP contribution in [0.25, 0.3) is 0 Å². The number of piperidine rings is 3. The highest BCUT2D eigenvalue weighted by Gasteiger charge is 2.46.